The number of unbranched alkanes of at least 4 members (excludes halogenated alkanes) is 16. The first-order chi connectivity index (χ1) is 29.5. The summed E-state index contributed by atoms with van der Waals surface area (Å²) in [6.45, 7) is 6.25. The van der Waals surface area contributed by atoms with Crippen molar-refractivity contribution < 1.29 is 28.6 Å². The van der Waals surface area contributed by atoms with Crippen LogP contribution in [0.2, 0.25) is 0 Å². The minimum atomic E-state index is -0.833. The number of allylic oxidation sites excluding steroid dienone is 15. The van der Waals surface area contributed by atoms with E-state index in [1.807, 2.05) is 6.08 Å². The van der Waals surface area contributed by atoms with Gasteiger partial charge in [0.15, 0.2) is 6.10 Å². The van der Waals surface area contributed by atoms with E-state index in [9.17, 15) is 14.4 Å². The van der Waals surface area contributed by atoms with Crippen LogP contribution in [-0.4, -0.2) is 37.2 Å². The number of ether oxygens (including phenoxy) is 3. The minimum absolute atomic E-state index is 0.124. The van der Waals surface area contributed by atoms with Crippen molar-refractivity contribution in [1.82, 2.24) is 0 Å². The predicted molar refractivity (Wildman–Crippen MR) is 256 cm³/mol. The molecule has 0 aliphatic carbocycles. The van der Waals surface area contributed by atoms with Gasteiger partial charge < -0.3 is 14.2 Å². The van der Waals surface area contributed by atoms with Crippen LogP contribution >= 0.6 is 0 Å². The first kappa shape index (κ1) is 56.3. The fraction of sp³-hybridized carbons (Fsp3) is 0.648. The summed E-state index contributed by atoms with van der Waals surface area (Å²) in [5.41, 5.74) is 0. The second-order valence-electron chi connectivity index (χ2n) is 15.6. The van der Waals surface area contributed by atoms with E-state index in [-0.39, 0.29) is 38.0 Å². The van der Waals surface area contributed by atoms with Gasteiger partial charge in [0.05, 0.1) is 6.42 Å². The average Bonchev–Trinajstić information content (AvgIpc) is 3.24. The van der Waals surface area contributed by atoms with Gasteiger partial charge in [-0.05, 0) is 70.6 Å². The van der Waals surface area contributed by atoms with Crippen molar-refractivity contribution in [3.8, 4) is 0 Å². The summed E-state index contributed by atoms with van der Waals surface area (Å²) in [5.74, 6) is -1.12. The zero-order chi connectivity index (χ0) is 43.7. The number of hydrogen-bond donors (Lipinski definition) is 0. The number of carbonyl (C=O) groups is 3. The molecule has 0 N–H and O–H groups in total. The molecule has 0 heterocycles. The highest BCUT2D eigenvalue weighted by Gasteiger charge is 2.19. The van der Waals surface area contributed by atoms with Gasteiger partial charge in [-0.15, -0.1) is 0 Å². The molecule has 6 heteroatoms. The second-order valence-corrected chi connectivity index (χ2v) is 15.6. The molecule has 0 rings (SSSR count). The van der Waals surface area contributed by atoms with Gasteiger partial charge in [-0.25, -0.2) is 0 Å². The summed E-state index contributed by atoms with van der Waals surface area (Å²) in [7, 11) is 0. The van der Waals surface area contributed by atoms with E-state index >= 15 is 0 Å². The van der Waals surface area contributed by atoms with Crippen molar-refractivity contribution >= 4 is 17.9 Å². The van der Waals surface area contributed by atoms with Crippen molar-refractivity contribution in [2.45, 2.75) is 213 Å². The Morgan fingerprint density at radius 3 is 1.15 bits per heavy atom. The molecule has 0 aromatic carbocycles. The Morgan fingerprint density at radius 2 is 0.717 bits per heavy atom. The third-order valence-corrected chi connectivity index (χ3v) is 9.87. The SMILES string of the molecule is CC/C=C\C/C=C\C/C=C\C/C=C\C/C=C\CCCC(=O)OCC(COC(=O)C/C=C\C/C=C\C/C=C\CC)OC(=O)CCCCCCCCCCCCCCCCCC. The minimum Gasteiger partial charge on any atom is -0.462 e. The van der Waals surface area contributed by atoms with Gasteiger partial charge in [0, 0.05) is 12.8 Å². The molecule has 6 nitrogen and oxygen atoms in total. The van der Waals surface area contributed by atoms with Crippen LogP contribution in [0.25, 0.3) is 0 Å². The van der Waals surface area contributed by atoms with Crippen molar-refractivity contribution in [3.63, 3.8) is 0 Å². The smallest absolute Gasteiger partial charge is 0.309 e. The maximum atomic E-state index is 12.7. The van der Waals surface area contributed by atoms with E-state index in [0.717, 1.165) is 77.0 Å². The Labute approximate surface area is 368 Å². The fourth-order valence-corrected chi connectivity index (χ4v) is 6.30. The Morgan fingerprint density at radius 1 is 0.367 bits per heavy atom. The average molecular weight is 833 g/mol. The number of rotatable bonds is 42. The van der Waals surface area contributed by atoms with Crippen LogP contribution in [0.3, 0.4) is 0 Å². The van der Waals surface area contributed by atoms with Gasteiger partial charge in [0.2, 0.25) is 0 Å². The third-order valence-electron chi connectivity index (χ3n) is 9.87. The lowest BCUT2D eigenvalue weighted by Gasteiger charge is -2.18. The number of hydrogen-bond acceptors (Lipinski definition) is 6. The monoisotopic (exact) mass is 833 g/mol. The first-order valence-electron chi connectivity index (χ1n) is 24.2. The van der Waals surface area contributed by atoms with E-state index in [1.165, 1.54) is 83.5 Å². The molecule has 0 radical (unpaired) electrons. The Bertz CT molecular complexity index is 1230. The lowest BCUT2D eigenvalue weighted by molar-refractivity contribution is -0.166. The van der Waals surface area contributed by atoms with Crippen LogP contribution in [0.15, 0.2) is 97.2 Å². The highest BCUT2D eigenvalue weighted by molar-refractivity contribution is 5.72. The van der Waals surface area contributed by atoms with Gasteiger partial charge in [-0.1, -0.05) is 214 Å². The summed E-state index contributed by atoms with van der Waals surface area (Å²) >= 11 is 0. The van der Waals surface area contributed by atoms with E-state index in [4.69, 9.17) is 14.2 Å². The normalized spacial score (nSPS) is 12.9. The van der Waals surface area contributed by atoms with E-state index in [1.54, 1.807) is 6.08 Å². The van der Waals surface area contributed by atoms with E-state index in [0.29, 0.717) is 12.8 Å². The van der Waals surface area contributed by atoms with Crippen LogP contribution < -0.4 is 0 Å². The molecule has 340 valence electrons. The topological polar surface area (TPSA) is 78.9 Å². The van der Waals surface area contributed by atoms with Crippen LogP contribution in [-0.2, 0) is 28.6 Å². The molecule has 0 aromatic rings. The molecule has 0 aliphatic rings. The molecule has 1 atom stereocenters. The Balaban J connectivity index is 4.48. The third kappa shape index (κ3) is 45.4. The predicted octanol–water partition coefficient (Wildman–Crippen LogP) is 15.8. The molecule has 0 spiro atoms. The van der Waals surface area contributed by atoms with E-state index < -0.39 is 12.1 Å². The van der Waals surface area contributed by atoms with E-state index in [2.05, 4.69) is 106 Å². The quantitative estimate of drug-likeness (QED) is 0.0264. The van der Waals surface area contributed by atoms with Gasteiger partial charge in [0.25, 0.3) is 0 Å². The zero-order valence-corrected chi connectivity index (χ0v) is 38.7. The number of esters is 3. The van der Waals surface area contributed by atoms with Crippen molar-refractivity contribution in [3.05, 3.63) is 97.2 Å². The molecule has 0 amide bonds. The summed E-state index contributed by atoms with van der Waals surface area (Å²) in [6, 6.07) is 0. The molecule has 0 aromatic heterocycles. The van der Waals surface area contributed by atoms with Crippen molar-refractivity contribution in [2.24, 2.45) is 0 Å². The van der Waals surface area contributed by atoms with Gasteiger partial charge >= 0.3 is 17.9 Å². The zero-order valence-electron chi connectivity index (χ0n) is 38.7. The lowest BCUT2D eigenvalue weighted by Crippen LogP contribution is -2.30. The number of carbonyl (C=O) groups excluding carboxylic acids is 3. The highest BCUT2D eigenvalue weighted by Crippen LogP contribution is 2.15. The Hall–Kier alpha value is -3.67. The molecule has 60 heavy (non-hydrogen) atoms. The van der Waals surface area contributed by atoms with Crippen LogP contribution in [0.1, 0.15) is 207 Å². The summed E-state index contributed by atoms with van der Waals surface area (Å²) < 4.78 is 16.6. The van der Waals surface area contributed by atoms with Crippen molar-refractivity contribution in [2.75, 3.05) is 13.2 Å². The molecule has 0 saturated heterocycles. The molecule has 0 bridgehead atoms. The Kier molecular flexibility index (Phi) is 45.1. The standard InChI is InChI=1S/C54H88O6/c1-4-7-10-13-16-19-21-23-25-27-29-30-32-35-38-41-44-47-53(56)59-50-51(49-58-52(55)46-43-40-37-34-18-15-12-9-6-3)60-54(57)48-45-42-39-36-33-31-28-26-24-22-20-17-14-11-8-5-2/h7,9-10,12,16,18-19,23,25,29-30,34-35,38,40,43,51H,4-6,8,11,13-15,17,20-22,24,26-28,31-33,36-37,39,41-42,44-50H2,1-3H3/b10-7-,12-9-,19-16-,25-23-,30-29-,34-18-,38-35-,43-40-. The highest BCUT2D eigenvalue weighted by atomic mass is 16.6. The molecule has 0 aliphatic heterocycles. The van der Waals surface area contributed by atoms with Crippen molar-refractivity contribution in [1.29, 1.82) is 0 Å². The maximum absolute atomic E-state index is 12.7. The fourth-order valence-electron chi connectivity index (χ4n) is 6.30. The summed E-state index contributed by atoms with van der Waals surface area (Å²) in [5, 5.41) is 0. The lowest BCUT2D eigenvalue weighted by atomic mass is 10.0. The second kappa shape index (κ2) is 48.0. The van der Waals surface area contributed by atoms with Gasteiger partial charge in [0.1, 0.15) is 13.2 Å². The van der Waals surface area contributed by atoms with Crippen LogP contribution in [0, 0.1) is 0 Å². The maximum Gasteiger partial charge on any atom is 0.309 e. The molecule has 0 saturated carbocycles. The molecule has 1 unspecified atom stereocenters. The van der Waals surface area contributed by atoms with Crippen LogP contribution in [0.4, 0.5) is 0 Å². The largest absolute Gasteiger partial charge is 0.462 e. The summed E-state index contributed by atoms with van der Waals surface area (Å²) in [6.07, 6.45) is 62.9. The van der Waals surface area contributed by atoms with Crippen LogP contribution in [0.5, 0.6) is 0 Å². The first-order valence-corrected chi connectivity index (χ1v) is 24.2. The summed E-state index contributed by atoms with van der Waals surface area (Å²) in [4.78, 5) is 37.7. The molecule has 0 fully saturated rings. The molecular formula is C54H88O6. The molecular weight excluding hydrogens is 745 g/mol. The van der Waals surface area contributed by atoms with Gasteiger partial charge in [-0.3, -0.25) is 14.4 Å². The van der Waals surface area contributed by atoms with Gasteiger partial charge in [-0.2, -0.15) is 0 Å².